The van der Waals surface area contributed by atoms with E-state index in [1.165, 1.54) is 6.42 Å². The molecule has 1 rings (SSSR count). The van der Waals surface area contributed by atoms with E-state index >= 15 is 0 Å². The summed E-state index contributed by atoms with van der Waals surface area (Å²) in [5.74, 6) is 0. The molecule has 0 aromatic rings. The third kappa shape index (κ3) is 0.548. The van der Waals surface area contributed by atoms with Gasteiger partial charge in [-0.1, -0.05) is 0 Å². The Morgan fingerprint density at radius 3 is 1.67 bits per heavy atom. The highest BCUT2D eigenvalue weighted by Gasteiger charge is 2.17. The predicted molar refractivity (Wildman–Crippen MR) is 26.7 cm³/mol. The standard InChI is InChI=1S/C5H11N/c1-4-3-5(2)6-4/h4-6H,3H2,1-2H3/t4-,5?/m0/s1. The zero-order valence-corrected chi connectivity index (χ0v) is 4.36. The van der Waals surface area contributed by atoms with Crippen LogP contribution in [0.15, 0.2) is 0 Å². The minimum absolute atomic E-state index is 0.792. The van der Waals surface area contributed by atoms with Crippen LogP contribution in [0.25, 0.3) is 0 Å². The minimum atomic E-state index is 0.792. The molecule has 1 unspecified atom stereocenters. The molecular weight excluding hydrogens is 74.1 g/mol. The van der Waals surface area contributed by atoms with Gasteiger partial charge < -0.3 is 5.32 Å². The smallest absolute Gasteiger partial charge is 0.00559 e. The second kappa shape index (κ2) is 1.23. The summed E-state index contributed by atoms with van der Waals surface area (Å²) < 4.78 is 0. The maximum Gasteiger partial charge on any atom is 0.00559 e. The third-order valence-corrected chi connectivity index (χ3v) is 1.28. The highest BCUT2D eigenvalue weighted by molar-refractivity contribution is 4.80. The first-order valence-electron chi connectivity index (χ1n) is 2.55. The van der Waals surface area contributed by atoms with Crippen molar-refractivity contribution in [2.24, 2.45) is 0 Å². The van der Waals surface area contributed by atoms with Crippen molar-refractivity contribution in [3.05, 3.63) is 0 Å². The van der Waals surface area contributed by atoms with Crippen molar-refractivity contribution < 1.29 is 0 Å². The van der Waals surface area contributed by atoms with E-state index in [9.17, 15) is 0 Å². The van der Waals surface area contributed by atoms with E-state index in [4.69, 9.17) is 0 Å². The molecule has 1 heteroatoms. The molecule has 1 aliphatic rings. The molecule has 1 saturated heterocycles. The summed E-state index contributed by atoms with van der Waals surface area (Å²) in [6.45, 7) is 4.42. The van der Waals surface area contributed by atoms with Crippen molar-refractivity contribution in [1.82, 2.24) is 5.32 Å². The predicted octanol–water partition coefficient (Wildman–Crippen LogP) is 0.757. The highest BCUT2D eigenvalue weighted by Crippen LogP contribution is 2.07. The summed E-state index contributed by atoms with van der Waals surface area (Å²) in [6, 6.07) is 1.58. The van der Waals surface area contributed by atoms with E-state index in [1.54, 1.807) is 0 Å². The molecule has 1 fully saturated rings. The molecule has 0 radical (unpaired) electrons. The van der Waals surface area contributed by atoms with Gasteiger partial charge in [0, 0.05) is 12.1 Å². The molecule has 0 saturated carbocycles. The van der Waals surface area contributed by atoms with Crippen LogP contribution in [0.5, 0.6) is 0 Å². The maximum absolute atomic E-state index is 3.31. The molecule has 1 N–H and O–H groups in total. The Bertz CT molecular complexity index is 39.9. The van der Waals surface area contributed by atoms with Gasteiger partial charge in [0.1, 0.15) is 0 Å². The highest BCUT2D eigenvalue weighted by atomic mass is 15.0. The van der Waals surface area contributed by atoms with Crippen molar-refractivity contribution >= 4 is 0 Å². The van der Waals surface area contributed by atoms with E-state index in [1.807, 2.05) is 0 Å². The molecule has 2 atom stereocenters. The summed E-state index contributed by atoms with van der Waals surface area (Å²) in [7, 11) is 0. The topological polar surface area (TPSA) is 12.0 Å². The van der Waals surface area contributed by atoms with E-state index in [-0.39, 0.29) is 0 Å². The number of hydrogen-bond donors (Lipinski definition) is 1. The molecule has 6 heavy (non-hydrogen) atoms. The average Bonchev–Trinajstić information content (AvgIpc) is 1.33. The average molecular weight is 85.2 g/mol. The van der Waals surface area contributed by atoms with Crippen LogP contribution in [-0.4, -0.2) is 12.1 Å². The Morgan fingerprint density at radius 1 is 1.33 bits per heavy atom. The van der Waals surface area contributed by atoms with Gasteiger partial charge in [-0.2, -0.15) is 0 Å². The summed E-state index contributed by atoms with van der Waals surface area (Å²) in [5.41, 5.74) is 0. The quantitative estimate of drug-likeness (QED) is 0.458. The van der Waals surface area contributed by atoms with E-state index in [0.717, 1.165) is 12.1 Å². The fourth-order valence-electron chi connectivity index (χ4n) is 0.992. The van der Waals surface area contributed by atoms with Gasteiger partial charge in [0.2, 0.25) is 0 Å². The van der Waals surface area contributed by atoms with Gasteiger partial charge in [-0.15, -0.1) is 0 Å². The van der Waals surface area contributed by atoms with Gasteiger partial charge in [0.15, 0.2) is 0 Å². The van der Waals surface area contributed by atoms with Gasteiger partial charge in [0.25, 0.3) is 0 Å². The van der Waals surface area contributed by atoms with Gasteiger partial charge in [-0.3, -0.25) is 0 Å². The van der Waals surface area contributed by atoms with Crippen molar-refractivity contribution in [2.75, 3.05) is 0 Å². The fraction of sp³-hybridized carbons (Fsp3) is 1.00. The Balaban J connectivity index is 2.11. The van der Waals surface area contributed by atoms with E-state index < -0.39 is 0 Å². The zero-order chi connectivity index (χ0) is 4.57. The van der Waals surface area contributed by atoms with Crippen LogP contribution in [0.2, 0.25) is 0 Å². The second-order valence-corrected chi connectivity index (χ2v) is 2.20. The van der Waals surface area contributed by atoms with Gasteiger partial charge in [0.05, 0.1) is 0 Å². The van der Waals surface area contributed by atoms with Crippen LogP contribution in [0.1, 0.15) is 20.3 Å². The van der Waals surface area contributed by atoms with Crippen molar-refractivity contribution in [3.63, 3.8) is 0 Å². The SMILES string of the molecule is CC1C[C@H](C)N1. The molecule has 0 bridgehead atoms. The summed E-state index contributed by atoms with van der Waals surface area (Å²) in [6.07, 6.45) is 1.36. The maximum atomic E-state index is 3.31. The molecule has 0 aromatic heterocycles. The van der Waals surface area contributed by atoms with Crippen molar-refractivity contribution in [2.45, 2.75) is 32.4 Å². The summed E-state index contributed by atoms with van der Waals surface area (Å²) >= 11 is 0. The largest absolute Gasteiger partial charge is 0.312 e. The molecule has 1 heterocycles. The lowest BCUT2D eigenvalue weighted by atomic mass is 10.0. The monoisotopic (exact) mass is 85.1 g/mol. The first kappa shape index (κ1) is 4.13. The number of nitrogens with one attached hydrogen (secondary N) is 1. The van der Waals surface area contributed by atoms with Crippen LogP contribution in [0, 0.1) is 0 Å². The fourth-order valence-corrected chi connectivity index (χ4v) is 0.992. The van der Waals surface area contributed by atoms with Crippen LogP contribution in [0.4, 0.5) is 0 Å². The Hall–Kier alpha value is -0.0400. The second-order valence-electron chi connectivity index (χ2n) is 2.20. The lowest BCUT2D eigenvalue weighted by Crippen LogP contribution is -2.48. The molecule has 0 aromatic carbocycles. The molecule has 36 valence electrons. The van der Waals surface area contributed by atoms with Gasteiger partial charge >= 0.3 is 0 Å². The molecule has 0 amide bonds. The third-order valence-electron chi connectivity index (χ3n) is 1.28. The van der Waals surface area contributed by atoms with Crippen LogP contribution in [-0.2, 0) is 0 Å². The van der Waals surface area contributed by atoms with Gasteiger partial charge in [-0.05, 0) is 20.3 Å². The molecule has 0 aliphatic carbocycles. The Labute approximate surface area is 38.7 Å². The normalized spacial score (nSPS) is 45.0. The van der Waals surface area contributed by atoms with Crippen molar-refractivity contribution in [3.8, 4) is 0 Å². The Morgan fingerprint density at radius 2 is 1.67 bits per heavy atom. The molecule has 1 aliphatic heterocycles. The van der Waals surface area contributed by atoms with Crippen LogP contribution < -0.4 is 5.32 Å². The molecule has 1 nitrogen and oxygen atoms in total. The van der Waals surface area contributed by atoms with Crippen LogP contribution >= 0.6 is 0 Å². The summed E-state index contributed by atoms with van der Waals surface area (Å²) in [5, 5.41) is 3.31. The summed E-state index contributed by atoms with van der Waals surface area (Å²) in [4.78, 5) is 0. The molecule has 0 spiro atoms. The first-order chi connectivity index (χ1) is 2.79. The van der Waals surface area contributed by atoms with E-state index in [0.29, 0.717) is 0 Å². The van der Waals surface area contributed by atoms with Crippen molar-refractivity contribution in [1.29, 1.82) is 0 Å². The minimum Gasteiger partial charge on any atom is -0.312 e. The molecular formula is C5H11N. The lowest BCUT2D eigenvalue weighted by Gasteiger charge is -2.31. The van der Waals surface area contributed by atoms with Crippen LogP contribution in [0.3, 0.4) is 0 Å². The lowest BCUT2D eigenvalue weighted by molar-refractivity contribution is 0.302. The first-order valence-corrected chi connectivity index (χ1v) is 2.55. The number of rotatable bonds is 0. The zero-order valence-electron chi connectivity index (χ0n) is 4.36. The van der Waals surface area contributed by atoms with Gasteiger partial charge in [-0.25, -0.2) is 0 Å². The number of hydrogen-bond acceptors (Lipinski definition) is 1. The van der Waals surface area contributed by atoms with E-state index in [2.05, 4.69) is 19.2 Å². The Kier molecular flexibility index (Phi) is 0.845.